The Labute approximate surface area is 189 Å². The molecule has 0 aliphatic rings. The number of carbonyl (C=O) groups excluding carboxylic acids is 1. The Hall–Kier alpha value is -2.91. The van der Waals surface area contributed by atoms with Gasteiger partial charge in [0.25, 0.3) is 0 Å². The minimum Gasteiger partial charge on any atom is -0.460 e. The lowest BCUT2D eigenvalue weighted by Gasteiger charge is -2.27. The van der Waals surface area contributed by atoms with Crippen LogP contribution in [0, 0.1) is 0 Å². The number of hydrogen-bond donors (Lipinski definition) is 0. The van der Waals surface area contributed by atoms with Crippen LogP contribution in [0.3, 0.4) is 0 Å². The minimum atomic E-state index is -0.540. The second kappa shape index (κ2) is 10.4. The topological polar surface area (TPSA) is 38.7 Å². The molecule has 4 heteroatoms. The van der Waals surface area contributed by atoms with Crippen LogP contribution in [0.2, 0.25) is 5.02 Å². The molecule has 3 nitrogen and oxygen atoms in total. The van der Waals surface area contributed by atoms with Crippen molar-refractivity contribution in [3.05, 3.63) is 107 Å². The van der Waals surface area contributed by atoms with Gasteiger partial charge in [-0.15, -0.1) is 0 Å². The van der Waals surface area contributed by atoms with Gasteiger partial charge in [0.1, 0.15) is 5.60 Å². The Morgan fingerprint density at radius 3 is 2.06 bits per heavy atom. The highest BCUT2D eigenvalue weighted by molar-refractivity contribution is 6.30. The van der Waals surface area contributed by atoms with Gasteiger partial charge in [-0.2, -0.15) is 0 Å². The molecule has 0 N–H and O–H groups in total. The monoisotopic (exact) mass is 433 g/mol. The van der Waals surface area contributed by atoms with E-state index in [1.807, 2.05) is 112 Å². The zero-order valence-corrected chi connectivity index (χ0v) is 18.9. The van der Waals surface area contributed by atoms with Gasteiger partial charge in [-0.25, -0.2) is 0 Å². The maximum Gasteiger partial charge on any atom is 0.307 e. The van der Waals surface area contributed by atoms with Crippen LogP contribution >= 0.6 is 11.6 Å². The van der Waals surface area contributed by atoms with Gasteiger partial charge >= 0.3 is 5.97 Å². The van der Waals surface area contributed by atoms with Gasteiger partial charge in [-0.1, -0.05) is 84.4 Å². The van der Waals surface area contributed by atoms with Crippen LogP contribution in [-0.4, -0.2) is 17.8 Å². The molecule has 0 saturated heterocycles. The van der Waals surface area contributed by atoms with E-state index in [0.717, 1.165) is 16.7 Å². The molecule has 0 unspecified atom stereocenters. The van der Waals surface area contributed by atoms with E-state index in [9.17, 15) is 4.79 Å². The minimum absolute atomic E-state index is 0.183. The fraction of sp³-hybridized carbons (Fsp3) is 0.259. The molecule has 2 atom stereocenters. The number of rotatable bonds is 7. The second-order valence-electron chi connectivity index (χ2n) is 8.49. The maximum absolute atomic E-state index is 12.8. The molecule has 0 aliphatic heterocycles. The highest BCUT2D eigenvalue weighted by atomic mass is 35.5. The van der Waals surface area contributed by atoms with Crippen molar-refractivity contribution in [1.82, 2.24) is 0 Å². The SMILES string of the molecule is CC(C)(C)OC(=O)C[C@H](c1ccccc1)[C@H](N=Cc1ccccc1)c1ccc(Cl)cc1. The first-order valence-corrected chi connectivity index (χ1v) is 10.8. The highest BCUT2D eigenvalue weighted by Gasteiger charge is 2.29. The number of nitrogens with zero attached hydrogens (tertiary/aromatic N) is 1. The average Bonchev–Trinajstić information content (AvgIpc) is 2.74. The van der Waals surface area contributed by atoms with Crippen LogP contribution in [-0.2, 0) is 9.53 Å². The molecular weight excluding hydrogens is 406 g/mol. The number of hydrogen-bond acceptors (Lipinski definition) is 3. The Morgan fingerprint density at radius 1 is 0.903 bits per heavy atom. The first kappa shape index (κ1) is 22.8. The highest BCUT2D eigenvalue weighted by Crippen LogP contribution is 2.38. The molecule has 0 saturated carbocycles. The molecule has 160 valence electrons. The van der Waals surface area contributed by atoms with Gasteiger partial charge in [-0.3, -0.25) is 9.79 Å². The molecule has 0 fully saturated rings. The van der Waals surface area contributed by atoms with Gasteiger partial charge in [0.15, 0.2) is 0 Å². The van der Waals surface area contributed by atoms with Crippen LogP contribution in [0.5, 0.6) is 0 Å². The summed E-state index contributed by atoms with van der Waals surface area (Å²) in [5.41, 5.74) is 2.50. The fourth-order valence-corrected chi connectivity index (χ4v) is 3.59. The third-order valence-electron chi connectivity index (χ3n) is 4.81. The van der Waals surface area contributed by atoms with Gasteiger partial charge in [-0.05, 0) is 49.6 Å². The van der Waals surface area contributed by atoms with Crippen molar-refractivity contribution in [2.45, 2.75) is 44.8 Å². The first-order valence-electron chi connectivity index (χ1n) is 10.4. The summed E-state index contributed by atoms with van der Waals surface area (Å²) in [5, 5.41) is 0.665. The molecule has 3 aromatic carbocycles. The third kappa shape index (κ3) is 7.08. The lowest BCUT2D eigenvalue weighted by molar-refractivity contribution is -0.155. The van der Waals surface area contributed by atoms with Crippen molar-refractivity contribution in [2.24, 2.45) is 4.99 Å². The predicted molar refractivity (Wildman–Crippen MR) is 128 cm³/mol. The summed E-state index contributed by atoms with van der Waals surface area (Å²) in [6.45, 7) is 5.64. The van der Waals surface area contributed by atoms with E-state index in [-0.39, 0.29) is 24.3 Å². The number of aliphatic imine (C=N–C) groups is 1. The van der Waals surface area contributed by atoms with Crippen molar-refractivity contribution in [3.63, 3.8) is 0 Å². The largest absolute Gasteiger partial charge is 0.460 e. The van der Waals surface area contributed by atoms with Crippen molar-refractivity contribution in [3.8, 4) is 0 Å². The molecular formula is C27H28ClNO2. The Bertz CT molecular complexity index is 993. The Balaban J connectivity index is 2.02. The van der Waals surface area contributed by atoms with Crippen molar-refractivity contribution in [1.29, 1.82) is 0 Å². The van der Waals surface area contributed by atoms with E-state index >= 15 is 0 Å². The smallest absolute Gasteiger partial charge is 0.307 e. The number of halogens is 1. The van der Waals surface area contributed by atoms with Crippen molar-refractivity contribution < 1.29 is 9.53 Å². The van der Waals surface area contributed by atoms with Crippen molar-refractivity contribution >= 4 is 23.8 Å². The third-order valence-corrected chi connectivity index (χ3v) is 5.06. The van der Waals surface area contributed by atoms with Crippen LogP contribution < -0.4 is 0 Å². The summed E-state index contributed by atoms with van der Waals surface area (Å²) in [6.07, 6.45) is 2.09. The van der Waals surface area contributed by atoms with Gasteiger partial charge in [0, 0.05) is 17.2 Å². The van der Waals surface area contributed by atoms with Crippen LogP contribution in [0.25, 0.3) is 0 Å². The first-order chi connectivity index (χ1) is 14.8. The average molecular weight is 434 g/mol. The second-order valence-corrected chi connectivity index (χ2v) is 8.93. The molecule has 0 heterocycles. The Kier molecular flexibility index (Phi) is 7.64. The fourth-order valence-electron chi connectivity index (χ4n) is 3.46. The number of esters is 1. The molecule has 0 aliphatic carbocycles. The molecule has 0 spiro atoms. The van der Waals surface area contributed by atoms with Gasteiger partial charge in [0.05, 0.1) is 12.5 Å². The molecule has 3 rings (SSSR count). The lowest BCUT2D eigenvalue weighted by atomic mass is 9.85. The Morgan fingerprint density at radius 2 is 1.48 bits per heavy atom. The van der Waals surface area contributed by atoms with Crippen LogP contribution in [0.15, 0.2) is 89.9 Å². The summed E-state index contributed by atoms with van der Waals surface area (Å²) in [6, 6.07) is 27.4. The van der Waals surface area contributed by atoms with E-state index in [0.29, 0.717) is 5.02 Å². The lowest BCUT2D eigenvalue weighted by Crippen LogP contribution is -2.26. The summed E-state index contributed by atoms with van der Waals surface area (Å²) in [4.78, 5) is 17.8. The molecule has 3 aromatic rings. The predicted octanol–water partition coefficient (Wildman–Crippen LogP) is 7.02. The van der Waals surface area contributed by atoms with Crippen LogP contribution in [0.1, 0.15) is 55.8 Å². The van der Waals surface area contributed by atoms with Gasteiger partial charge in [0.2, 0.25) is 0 Å². The normalized spacial score (nSPS) is 13.7. The summed E-state index contributed by atoms with van der Waals surface area (Å²) < 4.78 is 5.65. The zero-order chi connectivity index (χ0) is 22.3. The maximum atomic E-state index is 12.8. The molecule has 0 amide bonds. The summed E-state index contributed by atoms with van der Waals surface area (Å²) in [5.74, 6) is -0.424. The number of benzene rings is 3. The van der Waals surface area contributed by atoms with E-state index in [1.165, 1.54) is 0 Å². The molecule has 0 radical (unpaired) electrons. The number of ether oxygens (including phenoxy) is 1. The van der Waals surface area contributed by atoms with Gasteiger partial charge < -0.3 is 4.74 Å². The van der Waals surface area contributed by atoms with E-state index in [4.69, 9.17) is 21.3 Å². The quantitative estimate of drug-likeness (QED) is 0.296. The molecule has 0 bridgehead atoms. The standard InChI is InChI=1S/C27H28ClNO2/c1-27(2,3)31-25(30)18-24(21-12-8-5-9-13-21)26(22-14-16-23(28)17-15-22)29-19-20-10-6-4-7-11-20/h4-17,19,24,26H,18H2,1-3H3/t24-,26-/m1/s1. The van der Waals surface area contributed by atoms with Crippen LogP contribution in [0.4, 0.5) is 0 Å². The zero-order valence-electron chi connectivity index (χ0n) is 18.2. The van der Waals surface area contributed by atoms with Crippen molar-refractivity contribution in [2.75, 3.05) is 0 Å². The summed E-state index contributed by atoms with van der Waals surface area (Å²) in [7, 11) is 0. The molecule has 31 heavy (non-hydrogen) atoms. The molecule has 0 aromatic heterocycles. The van der Waals surface area contributed by atoms with E-state index in [1.54, 1.807) is 0 Å². The summed E-state index contributed by atoms with van der Waals surface area (Å²) >= 11 is 6.13. The van der Waals surface area contributed by atoms with E-state index in [2.05, 4.69) is 0 Å². The van der Waals surface area contributed by atoms with E-state index < -0.39 is 5.60 Å². The number of carbonyl (C=O) groups is 1.